The number of nitrogens with one attached hydrogen (secondary N) is 1. The minimum absolute atomic E-state index is 0.0934. The maximum atomic E-state index is 6.36. The van der Waals surface area contributed by atoms with Crippen LogP contribution in [0.5, 0.6) is 0 Å². The van der Waals surface area contributed by atoms with Gasteiger partial charge in [-0.05, 0) is 20.9 Å². The van der Waals surface area contributed by atoms with E-state index in [4.69, 9.17) is 11.6 Å². The normalized spacial score (nSPS) is 13.2. The Labute approximate surface area is 127 Å². The van der Waals surface area contributed by atoms with Crippen molar-refractivity contribution in [1.29, 1.82) is 0 Å². The first kappa shape index (κ1) is 14.0. The van der Waals surface area contributed by atoms with Gasteiger partial charge >= 0.3 is 0 Å². The van der Waals surface area contributed by atoms with Crippen LogP contribution < -0.4 is 5.32 Å². The van der Waals surface area contributed by atoms with Gasteiger partial charge in [0.25, 0.3) is 0 Å². The third-order valence-electron chi connectivity index (χ3n) is 3.50. The monoisotopic (exact) mass is 304 g/mol. The Morgan fingerprint density at radius 2 is 2.00 bits per heavy atom. The zero-order valence-corrected chi connectivity index (χ0v) is 12.9. The average molecular weight is 305 g/mol. The van der Waals surface area contributed by atoms with E-state index in [1.807, 2.05) is 24.1 Å². The summed E-state index contributed by atoms with van der Waals surface area (Å²) in [5.74, 6) is 0. The second-order valence-corrected chi connectivity index (χ2v) is 5.55. The molecule has 0 spiro atoms. The van der Waals surface area contributed by atoms with Crippen LogP contribution in [0, 0.1) is 0 Å². The lowest BCUT2D eigenvalue weighted by molar-refractivity contribution is 0.485. The largest absolute Gasteiger partial charge is 0.308 e. The lowest BCUT2D eigenvalue weighted by Gasteiger charge is -2.20. The summed E-state index contributed by atoms with van der Waals surface area (Å²) < 4.78 is 3.74. The zero-order valence-electron chi connectivity index (χ0n) is 12.2. The molecule has 3 aromatic heterocycles. The molecule has 7 heteroatoms. The third kappa shape index (κ3) is 2.30. The SMILES string of the molecule is CNC(c1cnn2ccncc12)c1c(Cl)cnn1C(C)C. The maximum absolute atomic E-state index is 6.36. The Hall–Kier alpha value is -1.92. The van der Waals surface area contributed by atoms with Crippen LogP contribution in [0.15, 0.2) is 31.0 Å². The fraction of sp³-hybridized carbons (Fsp3) is 0.357. The first-order chi connectivity index (χ1) is 10.1. The molecule has 1 N–H and O–H groups in total. The molecule has 3 rings (SSSR count). The minimum Gasteiger partial charge on any atom is -0.308 e. The van der Waals surface area contributed by atoms with Crippen molar-refractivity contribution in [3.8, 4) is 0 Å². The molecule has 3 aromatic rings. The highest BCUT2D eigenvalue weighted by Gasteiger charge is 2.24. The van der Waals surface area contributed by atoms with E-state index >= 15 is 0 Å². The quantitative estimate of drug-likeness (QED) is 0.804. The van der Waals surface area contributed by atoms with Gasteiger partial charge in [-0.3, -0.25) is 9.67 Å². The van der Waals surface area contributed by atoms with Crippen molar-refractivity contribution in [3.63, 3.8) is 0 Å². The molecule has 0 saturated heterocycles. The minimum atomic E-state index is -0.0934. The predicted molar refractivity (Wildman–Crippen MR) is 81.5 cm³/mol. The molecule has 0 amide bonds. The van der Waals surface area contributed by atoms with E-state index in [1.54, 1.807) is 23.1 Å². The Kier molecular flexibility index (Phi) is 3.65. The molecule has 0 radical (unpaired) electrons. The van der Waals surface area contributed by atoms with E-state index in [0.29, 0.717) is 5.02 Å². The van der Waals surface area contributed by atoms with Crippen molar-refractivity contribution in [2.75, 3.05) is 7.05 Å². The zero-order chi connectivity index (χ0) is 15.0. The fourth-order valence-electron chi connectivity index (χ4n) is 2.55. The summed E-state index contributed by atoms with van der Waals surface area (Å²) in [7, 11) is 1.90. The van der Waals surface area contributed by atoms with Crippen molar-refractivity contribution in [2.24, 2.45) is 0 Å². The van der Waals surface area contributed by atoms with Gasteiger partial charge in [0.1, 0.15) is 0 Å². The highest BCUT2D eigenvalue weighted by molar-refractivity contribution is 6.31. The standard InChI is InChI=1S/C14H17ClN6/c1-9(2)21-14(11(15)7-19-21)13(16-3)10-6-18-20-5-4-17-8-12(10)20/h4-9,13,16H,1-3H3. The number of aromatic nitrogens is 5. The van der Waals surface area contributed by atoms with E-state index in [0.717, 1.165) is 16.8 Å². The molecule has 0 aliphatic rings. The summed E-state index contributed by atoms with van der Waals surface area (Å²) in [6, 6.07) is 0.132. The molecule has 0 aliphatic carbocycles. The van der Waals surface area contributed by atoms with E-state index < -0.39 is 0 Å². The Morgan fingerprint density at radius 1 is 1.19 bits per heavy atom. The van der Waals surface area contributed by atoms with Crippen molar-refractivity contribution in [3.05, 3.63) is 47.3 Å². The number of halogens is 1. The summed E-state index contributed by atoms with van der Waals surface area (Å²) in [5.41, 5.74) is 2.91. The van der Waals surface area contributed by atoms with E-state index in [-0.39, 0.29) is 12.1 Å². The van der Waals surface area contributed by atoms with Gasteiger partial charge in [-0.25, -0.2) is 4.52 Å². The number of nitrogens with zero attached hydrogens (tertiary/aromatic N) is 5. The molecule has 3 heterocycles. The molecule has 0 bridgehead atoms. The van der Waals surface area contributed by atoms with Crippen LogP contribution in [0.3, 0.4) is 0 Å². The molecule has 0 aromatic carbocycles. The van der Waals surface area contributed by atoms with Crippen LogP contribution in [0.2, 0.25) is 5.02 Å². The van der Waals surface area contributed by atoms with Gasteiger partial charge in [0.05, 0.1) is 40.9 Å². The van der Waals surface area contributed by atoms with Gasteiger partial charge in [0, 0.05) is 24.0 Å². The van der Waals surface area contributed by atoms with Crippen LogP contribution in [-0.4, -0.2) is 31.4 Å². The fourth-order valence-corrected chi connectivity index (χ4v) is 2.79. The second kappa shape index (κ2) is 5.46. The van der Waals surface area contributed by atoms with Gasteiger partial charge < -0.3 is 5.32 Å². The molecule has 110 valence electrons. The van der Waals surface area contributed by atoms with Crippen LogP contribution in [0.4, 0.5) is 0 Å². The van der Waals surface area contributed by atoms with Crippen molar-refractivity contribution >= 4 is 17.1 Å². The average Bonchev–Trinajstić information content (AvgIpc) is 3.06. The lowest BCUT2D eigenvalue weighted by Crippen LogP contribution is -2.22. The van der Waals surface area contributed by atoms with Gasteiger partial charge in [-0.2, -0.15) is 10.2 Å². The van der Waals surface area contributed by atoms with E-state index in [9.17, 15) is 0 Å². The molecular formula is C14H17ClN6. The summed E-state index contributed by atoms with van der Waals surface area (Å²) in [4.78, 5) is 4.18. The smallest absolute Gasteiger partial charge is 0.0896 e. The number of fused-ring (bicyclic) bond motifs is 1. The maximum Gasteiger partial charge on any atom is 0.0896 e. The van der Waals surface area contributed by atoms with E-state index in [1.165, 1.54) is 0 Å². The summed E-state index contributed by atoms with van der Waals surface area (Å²) in [6.07, 6.45) is 8.87. The van der Waals surface area contributed by atoms with E-state index in [2.05, 4.69) is 34.3 Å². The van der Waals surface area contributed by atoms with Crippen molar-refractivity contribution in [1.82, 2.24) is 29.7 Å². The predicted octanol–water partition coefficient (Wildman–Crippen LogP) is 2.47. The highest BCUT2D eigenvalue weighted by Crippen LogP contribution is 2.31. The number of hydrogen-bond donors (Lipinski definition) is 1. The van der Waals surface area contributed by atoms with Gasteiger partial charge in [-0.1, -0.05) is 11.6 Å². The van der Waals surface area contributed by atoms with Crippen LogP contribution in [0.1, 0.15) is 37.2 Å². The molecule has 0 aliphatic heterocycles. The molecule has 1 unspecified atom stereocenters. The first-order valence-electron chi connectivity index (χ1n) is 6.81. The summed E-state index contributed by atoms with van der Waals surface area (Å²) in [6.45, 7) is 4.16. The third-order valence-corrected chi connectivity index (χ3v) is 3.80. The highest BCUT2D eigenvalue weighted by atomic mass is 35.5. The van der Waals surface area contributed by atoms with Gasteiger partial charge in [0.15, 0.2) is 0 Å². The lowest BCUT2D eigenvalue weighted by atomic mass is 10.1. The molecule has 21 heavy (non-hydrogen) atoms. The summed E-state index contributed by atoms with van der Waals surface area (Å²) in [5, 5.41) is 12.7. The molecule has 6 nitrogen and oxygen atoms in total. The van der Waals surface area contributed by atoms with Gasteiger partial charge in [0.2, 0.25) is 0 Å². The van der Waals surface area contributed by atoms with Crippen molar-refractivity contribution in [2.45, 2.75) is 25.9 Å². The molecular weight excluding hydrogens is 288 g/mol. The van der Waals surface area contributed by atoms with Crippen LogP contribution in [-0.2, 0) is 0 Å². The Morgan fingerprint density at radius 3 is 2.71 bits per heavy atom. The summed E-state index contributed by atoms with van der Waals surface area (Å²) >= 11 is 6.36. The molecule has 1 atom stereocenters. The van der Waals surface area contributed by atoms with Crippen molar-refractivity contribution < 1.29 is 0 Å². The van der Waals surface area contributed by atoms with Gasteiger partial charge in [-0.15, -0.1) is 0 Å². The number of rotatable bonds is 4. The Balaban J connectivity index is 2.17. The Bertz CT molecular complexity index is 760. The first-order valence-corrected chi connectivity index (χ1v) is 7.18. The number of hydrogen-bond acceptors (Lipinski definition) is 4. The molecule has 0 fully saturated rings. The topological polar surface area (TPSA) is 60.0 Å². The van der Waals surface area contributed by atoms with Crippen LogP contribution >= 0.6 is 11.6 Å². The second-order valence-electron chi connectivity index (χ2n) is 5.14. The molecule has 0 saturated carbocycles. The van der Waals surface area contributed by atoms with Crippen LogP contribution in [0.25, 0.3) is 5.52 Å².